The highest BCUT2D eigenvalue weighted by molar-refractivity contribution is 6.64. The Balaban J connectivity index is 4.26. The van der Waals surface area contributed by atoms with Crippen molar-refractivity contribution in [3.63, 3.8) is 0 Å². The van der Waals surface area contributed by atoms with Crippen molar-refractivity contribution in [3.05, 3.63) is 18.4 Å². The van der Waals surface area contributed by atoms with E-state index in [0.717, 1.165) is 6.42 Å². The van der Waals surface area contributed by atoms with Gasteiger partial charge in [0.2, 0.25) is 5.24 Å². The van der Waals surface area contributed by atoms with E-state index >= 15 is 0 Å². The lowest BCUT2D eigenvalue weighted by molar-refractivity contribution is -0.116. The molecule has 0 aliphatic heterocycles. The molecule has 13 heavy (non-hydrogen) atoms. The highest BCUT2D eigenvalue weighted by Gasteiger charge is 2.21. The molecule has 2 unspecified atom stereocenters. The molecule has 74 valence electrons. The fourth-order valence-corrected chi connectivity index (χ4v) is 1.64. The van der Waals surface area contributed by atoms with Crippen molar-refractivity contribution in [2.45, 2.75) is 27.2 Å². The molecular formula is C11H17ClO. The maximum absolute atomic E-state index is 11.0. The van der Waals surface area contributed by atoms with Crippen LogP contribution in [0.15, 0.2) is 18.4 Å². The molecular weight excluding hydrogens is 184 g/mol. The summed E-state index contributed by atoms with van der Waals surface area (Å²) < 4.78 is 0. The van der Waals surface area contributed by atoms with Gasteiger partial charge in [-0.1, -0.05) is 27.4 Å². The van der Waals surface area contributed by atoms with Gasteiger partial charge >= 0.3 is 0 Å². The molecule has 0 radical (unpaired) electrons. The summed E-state index contributed by atoms with van der Waals surface area (Å²) in [4.78, 5) is 11.0. The Morgan fingerprint density at radius 3 is 2.38 bits per heavy atom. The van der Waals surface area contributed by atoms with Gasteiger partial charge in [0.1, 0.15) is 0 Å². The number of rotatable bonds is 5. The third-order valence-corrected chi connectivity index (χ3v) is 2.40. The Morgan fingerprint density at radius 2 is 2.08 bits per heavy atom. The topological polar surface area (TPSA) is 17.1 Å². The van der Waals surface area contributed by atoms with E-state index in [0.29, 0.717) is 11.8 Å². The third kappa shape index (κ3) is 4.92. The molecule has 0 amide bonds. The quantitative estimate of drug-likeness (QED) is 0.491. The molecule has 0 rings (SSSR count). The van der Waals surface area contributed by atoms with Crippen LogP contribution >= 0.6 is 11.6 Å². The molecule has 0 aromatic carbocycles. The van der Waals surface area contributed by atoms with Crippen LogP contribution in [0.1, 0.15) is 27.2 Å². The maximum Gasteiger partial charge on any atom is 0.224 e. The Kier molecular flexibility index (Phi) is 5.77. The second-order valence-electron chi connectivity index (χ2n) is 3.74. The molecule has 0 aromatic heterocycles. The van der Waals surface area contributed by atoms with Gasteiger partial charge < -0.3 is 0 Å². The van der Waals surface area contributed by atoms with E-state index in [1.54, 1.807) is 0 Å². The Bertz CT molecular complexity index is 214. The zero-order valence-corrected chi connectivity index (χ0v) is 9.27. The number of halogens is 1. The summed E-state index contributed by atoms with van der Waals surface area (Å²) >= 11 is 5.49. The van der Waals surface area contributed by atoms with Gasteiger partial charge in [-0.3, -0.25) is 4.79 Å². The SMILES string of the molecule is C=C=CC(C)CC(C(=O)Cl)C(C)C. The van der Waals surface area contributed by atoms with E-state index in [9.17, 15) is 4.79 Å². The summed E-state index contributed by atoms with van der Waals surface area (Å²) in [6.07, 6.45) is 2.65. The van der Waals surface area contributed by atoms with Gasteiger partial charge in [-0.2, -0.15) is 0 Å². The zero-order valence-electron chi connectivity index (χ0n) is 8.51. The summed E-state index contributed by atoms with van der Waals surface area (Å²) in [5, 5.41) is -0.237. The van der Waals surface area contributed by atoms with Gasteiger partial charge in [-0.25, -0.2) is 0 Å². The Hall–Kier alpha value is -0.520. The van der Waals surface area contributed by atoms with Gasteiger partial charge in [0.15, 0.2) is 0 Å². The average Bonchev–Trinajstić information content (AvgIpc) is 1.99. The molecule has 0 saturated heterocycles. The Labute approximate surface area is 85.5 Å². The van der Waals surface area contributed by atoms with E-state index in [1.165, 1.54) is 0 Å². The van der Waals surface area contributed by atoms with Gasteiger partial charge in [-0.05, 0) is 35.9 Å². The summed E-state index contributed by atoms with van der Waals surface area (Å²) in [6, 6.07) is 0. The van der Waals surface area contributed by atoms with Crippen LogP contribution in [0.3, 0.4) is 0 Å². The molecule has 0 aromatic rings. The lowest BCUT2D eigenvalue weighted by atomic mass is 9.88. The predicted octanol–water partition coefficient (Wildman–Crippen LogP) is 3.39. The van der Waals surface area contributed by atoms with Gasteiger partial charge in [0.05, 0.1) is 0 Å². The maximum atomic E-state index is 11.0. The van der Waals surface area contributed by atoms with Crippen molar-refractivity contribution >= 4 is 16.8 Å². The lowest BCUT2D eigenvalue weighted by Crippen LogP contribution is -2.18. The van der Waals surface area contributed by atoms with Crippen molar-refractivity contribution in [2.24, 2.45) is 17.8 Å². The average molecular weight is 201 g/mol. The second kappa shape index (κ2) is 6.01. The molecule has 2 atom stereocenters. The Morgan fingerprint density at radius 1 is 1.54 bits per heavy atom. The lowest BCUT2D eigenvalue weighted by Gasteiger charge is -2.18. The summed E-state index contributed by atoms with van der Waals surface area (Å²) in [6.45, 7) is 9.55. The molecule has 0 bridgehead atoms. The number of carbonyl (C=O) groups is 1. The van der Waals surface area contributed by atoms with Crippen molar-refractivity contribution < 1.29 is 4.79 Å². The predicted molar refractivity (Wildman–Crippen MR) is 56.7 cm³/mol. The van der Waals surface area contributed by atoms with E-state index < -0.39 is 0 Å². The fraction of sp³-hybridized carbons (Fsp3) is 0.636. The van der Waals surface area contributed by atoms with E-state index in [1.807, 2.05) is 26.8 Å². The normalized spacial score (nSPS) is 14.8. The van der Waals surface area contributed by atoms with Crippen LogP contribution in [-0.2, 0) is 4.79 Å². The minimum atomic E-state index is -0.237. The van der Waals surface area contributed by atoms with Crippen molar-refractivity contribution in [1.82, 2.24) is 0 Å². The summed E-state index contributed by atoms with van der Waals surface area (Å²) in [5.74, 6) is 0.555. The smallest absolute Gasteiger partial charge is 0.224 e. The number of hydrogen-bond acceptors (Lipinski definition) is 1. The fourth-order valence-electron chi connectivity index (χ4n) is 1.30. The standard InChI is InChI=1S/C11H17ClO/c1-5-6-9(4)7-10(8(2)3)11(12)13/h6,8-10H,1,7H2,2-4H3. The summed E-state index contributed by atoms with van der Waals surface area (Å²) in [7, 11) is 0. The molecule has 0 N–H and O–H groups in total. The van der Waals surface area contributed by atoms with Crippen LogP contribution in [0.4, 0.5) is 0 Å². The largest absolute Gasteiger partial charge is 0.281 e. The molecule has 0 fully saturated rings. The van der Waals surface area contributed by atoms with E-state index in [-0.39, 0.29) is 11.2 Å². The first-order chi connectivity index (χ1) is 5.99. The van der Waals surface area contributed by atoms with Crippen LogP contribution in [0.5, 0.6) is 0 Å². The number of hydrogen-bond donors (Lipinski definition) is 0. The van der Waals surface area contributed by atoms with Gasteiger partial charge in [0, 0.05) is 5.92 Å². The monoisotopic (exact) mass is 200 g/mol. The first-order valence-corrected chi connectivity index (χ1v) is 4.92. The van der Waals surface area contributed by atoms with Crippen LogP contribution in [-0.4, -0.2) is 5.24 Å². The van der Waals surface area contributed by atoms with E-state index in [2.05, 4.69) is 12.3 Å². The molecule has 0 aliphatic carbocycles. The van der Waals surface area contributed by atoms with E-state index in [4.69, 9.17) is 11.6 Å². The van der Waals surface area contributed by atoms with Crippen LogP contribution in [0, 0.1) is 17.8 Å². The molecule has 0 spiro atoms. The van der Waals surface area contributed by atoms with Crippen molar-refractivity contribution in [1.29, 1.82) is 0 Å². The molecule has 0 saturated carbocycles. The molecule has 0 heterocycles. The minimum Gasteiger partial charge on any atom is -0.281 e. The van der Waals surface area contributed by atoms with Crippen LogP contribution in [0.2, 0.25) is 0 Å². The highest BCUT2D eigenvalue weighted by Crippen LogP contribution is 2.23. The van der Waals surface area contributed by atoms with Gasteiger partial charge in [0.25, 0.3) is 0 Å². The van der Waals surface area contributed by atoms with Gasteiger partial charge in [-0.15, -0.1) is 5.73 Å². The first-order valence-electron chi connectivity index (χ1n) is 4.54. The third-order valence-electron chi connectivity index (χ3n) is 2.12. The first kappa shape index (κ1) is 12.5. The van der Waals surface area contributed by atoms with Crippen LogP contribution in [0.25, 0.3) is 0 Å². The molecule has 1 nitrogen and oxygen atoms in total. The summed E-state index contributed by atoms with van der Waals surface area (Å²) in [5.41, 5.74) is 2.72. The van der Waals surface area contributed by atoms with Crippen LogP contribution < -0.4 is 0 Å². The zero-order chi connectivity index (χ0) is 10.4. The number of allylic oxidation sites excluding steroid dienone is 1. The molecule has 2 heteroatoms. The molecule has 0 aliphatic rings. The highest BCUT2D eigenvalue weighted by atomic mass is 35.5. The van der Waals surface area contributed by atoms with Crippen molar-refractivity contribution in [3.8, 4) is 0 Å². The van der Waals surface area contributed by atoms with Crippen molar-refractivity contribution in [2.75, 3.05) is 0 Å². The number of carbonyl (C=O) groups excluding carboxylic acids is 1. The minimum absolute atomic E-state index is 0.0544. The second-order valence-corrected chi connectivity index (χ2v) is 4.11.